The van der Waals surface area contributed by atoms with Crippen LogP contribution >= 0.6 is 11.6 Å². The monoisotopic (exact) mass is 374 g/mol. The van der Waals surface area contributed by atoms with Crippen molar-refractivity contribution in [3.8, 4) is 22.8 Å². The molecular formula is C18H15ClN2O5. The molecule has 134 valence electrons. The van der Waals surface area contributed by atoms with Crippen molar-refractivity contribution in [2.75, 3.05) is 14.2 Å². The Bertz CT molecular complexity index is 1010. The summed E-state index contributed by atoms with van der Waals surface area (Å²) in [5.41, 5.74) is 0.814. The number of aromatic carboxylic acids is 1. The number of fused-ring (bicyclic) bond motifs is 1. The Hall–Kier alpha value is -2.90. The van der Waals surface area contributed by atoms with Gasteiger partial charge in [-0.05, 0) is 18.2 Å². The molecule has 7 nitrogen and oxygen atoms in total. The molecule has 0 unspecified atom stereocenters. The lowest BCUT2D eigenvalue weighted by Gasteiger charge is -2.16. The summed E-state index contributed by atoms with van der Waals surface area (Å²) in [6.07, 6.45) is 1.51. The molecule has 0 spiro atoms. The number of hydrogen-bond acceptors (Lipinski definition) is 6. The highest BCUT2D eigenvalue weighted by atomic mass is 35.5. The molecule has 2 aromatic heterocycles. The van der Waals surface area contributed by atoms with Crippen LogP contribution in [0.1, 0.15) is 16.1 Å². The van der Waals surface area contributed by atoms with E-state index in [4.69, 9.17) is 21.1 Å². The Morgan fingerprint density at radius 3 is 2.50 bits per heavy atom. The van der Waals surface area contributed by atoms with Crippen LogP contribution in [0.25, 0.3) is 22.2 Å². The van der Waals surface area contributed by atoms with E-state index < -0.39 is 12.6 Å². The van der Waals surface area contributed by atoms with Gasteiger partial charge in [0.25, 0.3) is 0 Å². The minimum Gasteiger partial charge on any atom is -0.493 e. The number of methoxy groups -OCH3 is 2. The number of carboxylic acids is 1. The number of benzene rings is 1. The van der Waals surface area contributed by atoms with Gasteiger partial charge in [-0.15, -0.1) is 0 Å². The fourth-order valence-corrected chi connectivity index (χ4v) is 3.02. The number of ether oxygens (including phenoxy) is 2. The smallest absolute Gasteiger partial charge is 0.338 e. The summed E-state index contributed by atoms with van der Waals surface area (Å²) >= 11 is 6.27. The van der Waals surface area contributed by atoms with Crippen molar-refractivity contribution >= 4 is 28.5 Å². The second-order valence-corrected chi connectivity index (χ2v) is 5.74. The molecule has 0 aliphatic rings. The van der Waals surface area contributed by atoms with Gasteiger partial charge in [0, 0.05) is 23.2 Å². The second-order valence-electron chi connectivity index (χ2n) is 5.33. The number of aliphatic hydroxyl groups is 1. The van der Waals surface area contributed by atoms with Gasteiger partial charge in [0.1, 0.15) is 0 Å². The molecule has 8 heteroatoms. The number of aliphatic hydroxyl groups excluding tert-OH is 1. The quantitative estimate of drug-likeness (QED) is 0.707. The fraction of sp³-hybridized carbons (Fsp3) is 0.167. The topological polar surface area (TPSA) is 102 Å². The maximum Gasteiger partial charge on any atom is 0.338 e. The molecule has 0 atom stereocenters. The Balaban J connectivity index is 2.53. The number of rotatable bonds is 5. The van der Waals surface area contributed by atoms with Gasteiger partial charge in [-0.25, -0.2) is 9.78 Å². The standard InChI is InChI=1S/C18H15ClN2O5/c1-25-13-6-9-11(7-14(13)26-2)21-12(8-22)16(18(23)24)15(9)17-10(19)4-3-5-20-17/h3-7,22H,8H2,1-2H3,(H,23,24). The molecule has 1 aromatic carbocycles. The summed E-state index contributed by atoms with van der Waals surface area (Å²) in [6.45, 7) is -0.552. The first-order chi connectivity index (χ1) is 12.5. The SMILES string of the molecule is COc1cc2nc(CO)c(C(=O)O)c(-c3ncccc3Cl)c2cc1OC. The van der Waals surface area contributed by atoms with E-state index >= 15 is 0 Å². The first-order valence-electron chi connectivity index (χ1n) is 7.55. The summed E-state index contributed by atoms with van der Waals surface area (Å²) in [5.74, 6) is -0.407. The largest absolute Gasteiger partial charge is 0.493 e. The zero-order valence-corrected chi connectivity index (χ0v) is 14.7. The van der Waals surface area contributed by atoms with Gasteiger partial charge in [-0.3, -0.25) is 4.98 Å². The van der Waals surface area contributed by atoms with Crippen molar-refractivity contribution in [1.29, 1.82) is 0 Å². The first-order valence-corrected chi connectivity index (χ1v) is 7.93. The predicted molar refractivity (Wildman–Crippen MR) is 96.0 cm³/mol. The van der Waals surface area contributed by atoms with E-state index in [1.54, 1.807) is 24.3 Å². The minimum absolute atomic E-state index is 0.00828. The number of halogens is 1. The maximum absolute atomic E-state index is 11.9. The van der Waals surface area contributed by atoms with E-state index in [2.05, 4.69) is 9.97 Å². The van der Waals surface area contributed by atoms with E-state index in [1.165, 1.54) is 20.4 Å². The molecular weight excluding hydrogens is 360 g/mol. The van der Waals surface area contributed by atoms with E-state index in [0.717, 1.165) is 0 Å². The Labute approximate surface area is 153 Å². The average Bonchev–Trinajstić information content (AvgIpc) is 2.65. The second kappa shape index (κ2) is 7.15. The average molecular weight is 375 g/mol. The van der Waals surface area contributed by atoms with Gasteiger partial charge >= 0.3 is 5.97 Å². The summed E-state index contributed by atoms with van der Waals surface area (Å²) in [6, 6.07) is 6.49. The molecule has 2 heterocycles. The molecule has 26 heavy (non-hydrogen) atoms. The van der Waals surface area contributed by atoms with Crippen LogP contribution in [-0.4, -0.2) is 40.4 Å². The van der Waals surface area contributed by atoms with E-state index in [9.17, 15) is 15.0 Å². The van der Waals surface area contributed by atoms with Crippen molar-refractivity contribution in [2.45, 2.75) is 6.61 Å². The van der Waals surface area contributed by atoms with E-state index in [1.807, 2.05) is 0 Å². The van der Waals surface area contributed by atoms with Gasteiger partial charge in [0.2, 0.25) is 0 Å². The van der Waals surface area contributed by atoms with Crippen molar-refractivity contribution in [3.63, 3.8) is 0 Å². The molecule has 0 aliphatic carbocycles. The summed E-state index contributed by atoms with van der Waals surface area (Å²) in [5, 5.41) is 20.1. The van der Waals surface area contributed by atoms with Crippen LogP contribution < -0.4 is 9.47 Å². The van der Waals surface area contributed by atoms with Crippen LogP contribution in [0.5, 0.6) is 11.5 Å². The lowest BCUT2D eigenvalue weighted by molar-refractivity contribution is 0.0693. The van der Waals surface area contributed by atoms with Crippen LogP contribution in [0.2, 0.25) is 5.02 Å². The summed E-state index contributed by atoms with van der Waals surface area (Å²) in [7, 11) is 2.96. The molecule has 0 saturated heterocycles. The van der Waals surface area contributed by atoms with Gasteiger partial charge in [0.05, 0.1) is 48.3 Å². The zero-order chi connectivity index (χ0) is 18.8. The molecule has 0 bridgehead atoms. The summed E-state index contributed by atoms with van der Waals surface area (Å²) < 4.78 is 10.6. The molecule has 0 fully saturated rings. The van der Waals surface area contributed by atoms with Crippen LogP contribution in [0.4, 0.5) is 0 Å². The highest BCUT2D eigenvalue weighted by molar-refractivity contribution is 6.33. The zero-order valence-electron chi connectivity index (χ0n) is 14.0. The van der Waals surface area contributed by atoms with E-state index in [-0.39, 0.29) is 27.5 Å². The number of carboxylic acid groups (broad SMARTS) is 1. The predicted octanol–water partition coefficient (Wildman–Crippen LogP) is 3.16. The van der Waals surface area contributed by atoms with Gasteiger partial charge in [-0.2, -0.15) is 0 Å². The number of carbonyl (C=O) groups is 1. The lowest BCUT2D eigenvalue weighted by atomic mass is 9.96. The van der Waals surface area contributed by atoms with Crippen molar-refractivity contribution in [3.05, 3.63) is 46.7 Å². The molecule has 0 radical (unpaired) electrons. The highest BCUT2D eigenvalue weighted by Gasteiger charge is 2.25. The Morgan fingerprint density at radius 1 is 1.23 bits per heavy atom. The first kappa shape index (κ1) is 17.9. The molecule has 3 aromatic rings. The van der Waals surface area contributed by atoms with Crippen molar-refractivity contribution < 1.29 is 24.5 Å². The Kier molecular flexibility index (Phi) is 4.92. The lowest BCUT2D eigenvalue weighted by Crippen LogP contribution is -2.09. The van der Waals surface area contributed by atoms with Crippen molar-refractivity contribution in [2.24, 2.45) is 0 Å². The van der Waals surface area contributed by atoms with E-state index in [0.29, 0.717) is 22.4 Å². The van der Waals surface area contributed by atoms with Gasteiger partial charge < -0.3 is 19.7 Å². The molecule has 0 saturated carbocycles. The molecule has 0 aliphatic heterocycles. The number of pyridine rings is 2. The highest BCUT2D eigenvalue weighted by Crippen LogP contribution is 2.40. The van der Waals surface area contributed by atoms with Crippen LogP contribution in [0.3, 0.4) is 0 Å². The number of hydrogen-bond donors (Lipinski definition) is 2. The summed E-state index contributed by atoms with van der Waals surface area (Å²) in [4.78, 5) is 20.4. The van der Waals surface area contributed by atoms with Crippen molar-refractivity contribution in [1.82, 2.24) is 9.97 Å². The Morgan fingerprint density at radius 2 is 1.92 bits per heavy atom. The van der Waals surface area contributed by atoms with Gasteiger partial charge in [-0.1, -0.05) is 11.6 Å². The minimum atomic E-state index is -1.24. The molecule has 3 rings (SSSR count). The number of aromatic nitrogens is 2. The maximum atomic E-state index is 11.9. The van der Waals surface area contributed by atoms with Crippen LogP contribution in [-0.2, 0) is 6.61 Å². The molecule has 0 amide bonds. The number of nitrogens with zero attached hydrogens (tertiary/aromatic N) is 2. The van der Waals surface area contributed by atoms with Crippen LogP contribution in [0, 0.1) is 0 Å². The third-order valence-electron chi connectivity index (χ3n) is 3.92. The normalized spacial score (nSPS) is 10.8. The third-order valence-corrected chi connectivity index (χ3v) is 4.23. The van der Waals surface area contributed by atoms with Crippen LogP contribution in [0.15, 0.2) is 30.5 Å². The fourth-order valence-electron chi connectivity index (χ4n) is 2.80. The third kappa shape index (κ3) is 2.91. The van der Waals surface area contributed by atoms with Gasteiger partial charge in [0.15, 0.2) is 11.5 Å². The molecule has 2 N–H and O–H groups in total.